The normalized spacial score (nSPS) is 18.5. The summed E-state index contributed by atoms with van der Waals surface area (Å²) in [5.41, 5.74) is 2.71. The van der Waals surface area contributed by atoms with Crippen LogP contribution in [0.4, 0.5) is 5.69 Å². The molecule has 124 valence electrons. The molecule has 4 nitrogen and oxygen atoms in total. The average molecular weight is 341 g/mol. The number of aryl methyl sites for hydroxylation is 1. The molecule has 1 aliphatic heterocycles. The van der Waals surface area contributed by atoms with Gasteiger partial charge in [0.2, 0.25) is 5.91 Å². The molecule has 1 heterocycles. The molecule has 0 aliphatic carbocycles. The van der Waals surface area contributed by atoms with Crippen molar-refractivity contribution in [1.82, 2.24) is 0 Å². The highest BCUT2D eigenvalue weighted by Gasteiger charge is 2.31. The minimum Gasteiger partial charge on any atom is -0.304 e. The molecule has 1 amide bonds. The molecule has 0 unspecified atom stereocenters. The van der Waals surface area contributed by atoms with Crippen LogP contribution in [-0.4, -0.2) is 26.1 Å². The summed E-state index contributed by atoms with van der Waals surface area (Å²) in [6, 6.07) is 16.6. The third kappa shape index (κ3) is 3.74. The Balaban J connectivity index is 1.91. The molecule has 0 aromatic heterocycles. The zero-order valence-corrected chi connectivity index (χ0v) is 14.2. The van der Waals surface area contributed by atoms with E-state index in [1.54, 1.807) is 11.0 Å². The smallest absolute Gasteiger partial charge is 0.231 e. The van der Waals surface area contributed by atoms with Gasteiger partial charge in [0.15, 0.2) is 9.84 Å². The zero-order valence-electron chi connectivity index (χ0n) is 13.4. The Morgan fingerprint density at radius 2 is 1.75 bits per heavy atom. The van der Waals surface area contributed by atoms with Crippen molar-refractivity contribution in [3.63, 3.8) is 0 Å². The topological polar surface area (TPSA) is 54.5 Å². The fourth-order valence-electron chi connectivity index (χ4n) is 2.80. The van der Waals surface area contributed by atoms with E-state index in [0.29, 0.717) is 5.69 Å². The van der Waals surface area contributed by atoms with Crippen LogP contribution in [0.3, 0.4) is 0 Å². The lowest BCUT2D eigenvalue weighted by atomic mass is 10.1. The second kappa shape index (κ2) is 6.61. The lowest BCUT2D eigenvalue weighted by Gasteiger charge is -2.28. The molecule has 0 spiro atoms. The van der Waals surface area contributed by atoms with Crippen LogP contribution in [-0.2, 0) is 21.1 Å². The molecule has 24 heavy (non-hydrogen) atoms. The predicted octanol–water partition coefficient (Wildman–Crippen LogP) is 2.88. The maximum atomic E-state index is 12.9. The molecule has 0 fully saturated rings. The van der Waals surface area contributed by atoms with Crippen LogP contribution >= 0.6 is 0 Å². The van der Waals surface area contributed by atoms with Gasteiger partial charge < -0.3 is 4.90 Å². The van der Waals surface area contributed by atoms with Crippen LogP contribution in [0.15, 0.2) is 66.1 Å². The van der Waals surface area contributed by atoms with Gasteiger partial charge in [0.1, 0.15) is 0 Å². The highest BCUT2D eigenvalue weighted by atomic mass is 32.2. The molecule has 0 saturated heterocycles. The summed E-state index contributed by atoms with van der Waals surface area (Å²) in [7, 11) is -3.24. The Morgan fingerprint density at radius 1 is 1.08 bits per heavy atom. The number of sulfone groups is 1. The fraction of sp³-hybridized carbons (Fsp3) is 0.211. The van der Waals surface area contributed by atoms with E-state index in [9.17, 15) is 13.2 Å². The Morgan fingerprint density at radius 3 is 2.33 bits per heavy atom. The summed E-state index contributed by atoms with van der Waals surface area (Å²) in [5, 5.41) is 1.20. The maximum absolute atomic E-state index is 12.9. The third-order valence-corrected chi connectivity index (χ3v) is 5.40. The van der Waals surface area contributed by atoms with Gasteiger partial charge in [-0.1, -0.05) is 48.0 Å². The molecule has 0 bridgehead atoms. The largest absolute Gasteiger partial charge is 0.304 e. The van der Waals surface area contributed by atoms with Gasteiger partial charge in [0, 0.05) is 11.1 Å². The van der Waals surface area contributed by atoms with Crippen molar-refractivity contribution >= 4 is 21.4 Å². The number of nitrogens with zero attached hydrogens (tertiary/aromatic N) is 1. The molecule has 1 atom stereocenters. The number of carbonyl (C=O) groups is 1. The van der Waals surface area contributed by atoms with Crippen LogP contribution in [0.5, 0.6) is 0 Å². The second-order valence-corrected chi connectivity index (χ2v) is 7.92. The van der Waals surface area contributed by atoms with Gasteiger partial charge in [-0.2, -0.15) is 0 Å². The van der Waals surface area contributed by atoms with Gasteiger partial charge in [0.25, 0.3) is 0 Å². The standard InChI is InChI=1S/C19H19NO3S/c1-15-7-9-17(10-8-15)20(18-11-12-24(22,23)14-18)19(21)13-16-5-3-2-4-6-16/h2-12,18H,13-14H2,1H3/t18-/m1/s1. The molecule has 5 heteroatoms. The second-order valence-electron chi connectivity index (χ2n) is 5.99. The highest BCUT2D eigenvalue weighted by molar-refractivity contribution is 7.94. The van der Waals surface area contributed by atoms with Crippen LogP contribution in [0.2, 0.25) is 0 Å². The summed E-state index contributed by atoms with van der Waals surface area (Å²) < 4.78 is 23.6. The number of rotatable bonds is 4. The van der Waals surface area contributed by atoms with E-state index in [2.05, 4.69) is 0 Å². The number of benzene rings is 2. The van der Waals surface area contributed by atoms with E-state index in [0.717, 1.165) is 11.1 Å². The van der Waals surface area contributed by atoms with E-state index in [4.69, 9.17) is 0 Å². The summed E-state index contributed by atoms with van der Waals surface area (Å²) in [6.45, 7) is 1.97. The first kappa shape index (κ1) is 16.5. The first-order valence-corrected chi connectivity index (χ1v) is 9.50. The van der Waals surface area contributed by atoms with Crippen LogP contribution in [0.1, 0.15) is 11.1 Å². The van der Waals surface area contributed by atoms with E-state index < -0.39 is 15.9 Å². The molecule has 1 aliphatic rings. The number of carbonyl (C=O) groups excluding carboxylic acids is 1. The van der Waals surface area contributed by atoms with Gasteiger partial charge in [-0.05, 0) is 30.7 Å². The summed E-state index contributed by atoms with van der Waals surface area (Å²) in [4.78, 5) is 14.5. The third-order valence-electron chi connectivity index (χ3n) is 4.02. The molecular formula is C19H19NO3S. The van der Waals surface area contributed by atoms with Crippen LogP contribution < -0.4 is 4.90 Å². The van der Waals surface area contributed by atoms with E-state index in [-0.39, 0.29) is 18.1 Å². The van der Waals surface area contributed by atoms with Gasteiger partial charge in [-0.25, -0.2) is 8.42 Å². The van der Waals surface area contributed by atoms with E-state index in [1.807, 2.05) is 61.5 Å². The van der Waals surface area contributed by atoms with Crippen molar-refractivity contribution in [3.8, 4) is 0 Å². The summed E-state index contributed by atoms with van der Waals surface area (Å²) in [6.07, 6.45) is 1.83. The average Bonchev–Trinajstić information content (AvgIpc) is 2.90. The van der Waals surface area contributed by atoms with Crippen molar-refractivity contribution in [2.75, 3.05) is 10.7 Å². The molecule has 3 rings (SSSR count). The highest BCUT2D eigenvalue weighted by Crippen LogP contribution is 2.24. The van der Waals surface area contributed by atoms with Crippen LogP contribution in [0, 0.1) is 6.92 Å². The summed E-state index contributed by atoms with van der Waals surface area (Å²) >= 11 is 0. The molecule has 2 aromatic rings. The quantitative estimate of drug-likeness (QED) is 0.859. The van der Waals surface area contributed by atoms with Gasteiger partial charge >= 0.3 is 0 Å². The lowest BCUT2D eigenvalue weighted by molar-refractivity contribution is -0.118. The summed E-state index contributed by atoms with van der Waals surface area (Å²) in [5.74, 6) is -0.182. The monoisotopic (exact) mass is 341 g/mol. The minimum atomic E-state index is -3.24. The number of hydrogen-bond acceptors (Lipinski definition) is 3. The van der Waals surface area contributed by atoms with Gasteiger partial charge in [0.05, 0.1) is 18.2 Å². The van der Waals surface area contributed by atoms with Crippen molar-refractivity contribution < 1.29 is 13.2 Å². The Labute approximate surface area is 142 Å². The van der Waals surface area contributed by atoms with Gasteiger partial charge in [-0.15, -0.1) is 0 Å². The predicted molar refractivity (Wildman–Crippen MR) is 95.5 cm³/mol. The first-order valence-electron chi connectivity index (χ1n) is 7.78. The van der Waals surface area contributed by atoms with Gasteiger partial charge in [-0.3, -0.25) is 4.79 Å². The van der Waals surface area contributed by atoms with Crippen molar-refractivity contribution in [2.24, 2.45) is 0 Å². The van der Waals surface area contributed by atoms with E-state index in [1.165, 1.54) is 5.41 Å². The van der Waals surface area contributed by atoms with Crippen molar-refractivity contribution in [1.29, 1.82) is 0 Å². The Bertz CT molecular complexity index is 855. The molecule has 0 saturated carbocycles. The number of amides is 1. The Kier molecular flexibility index (Phi) is 4.53. The van der Waals surface area contributed by atoms with E-state index >= 15 is 0 Å². The first-order chi connectivity index (χ1) is 11.4. The number of anilines is 1. The minimum absolute atomic E-state index is 0.0680. The van der Waals surface area contributed by atoms with Crippen LogP contribution in [0.25, 0.3) is 0 Å². The molecular weight excluding hydrogens is 322 g/mol. The SMILES string of the molecule is Cc1ccc(N(C(=O)Cc2ccccc2)[C@@H]2C=CS(=O)(=O)C2)cc1. The maximum Gasteiger partial charge on any atom is 0.231 e. The fourth-order valence-corrected chi connectivity index (χ4v) is 4.07. The molecule has 0 N–H and O–H groups in total. The van der Waals surface area contributed by atoms with Crippen molar-refractivity contribution in [3.05, 3.63) is 77.2 Å². The number of hydrogen-bond donors (Lipinski definition) is 0. The zero-order chi connectivity index (χ0) is 17.2. The van der Waals surface area contributed by atoms with Crippen molar-refractivity contribution in [2.45, 2.75) is 19.4 Å². The Hall–Kier alpha value is -2.40. The molecule has 0 radical (unpaired) electrons. The lowest BCUT2D eigenvalue weighted by Crippen LogP contribution is -2.42. The molecule has 2 aromatic carbocycles.